The highest BCUT2D eigenvalue weighted by atomic mass is 16.1. The molecule has 22 heavy (non-hydrogen) atoms. The van der Waals surface area contributed by atoms with Crippen molar-refractivity contribution in [3.63, 3.8) is 0 Å². The molecule has 3 nitrogen and oxygen atoms in total. The standard InChI is InChI=1S/C19H22N2O/c20-19(22)18-10-12-21(13-11-18)14-15-6-8-17(9-7-15)16-4-2-1-3-5-16/h1-9,18H,10-14H2,(H2,20,22). The topological polar surface area (TPSA) is 46.3 Å². The molecule has 0 saturated carbocycles. The molecule has 0 unspecified atom stereocenters. The van der Waals surface area contributed by atoms with E-state index in [0.29, 0.717) is 0 Å². The van der Waals surface area contributed by atoms with E-state index < -0.39 is 0 Å². The average molecular weight is 294 g/mol. The van der Waals surface area contributed by atoms with Crippen LogP contribution in [0.4, 0.5) is 0 Å². The maximum atomic E-state index is 11.2. The number of nitrogens with two attached hydrogens (primary N) is 1. The third kappa shape index (κ3) is 3.55. The van der Waals surface area contributed by atoms with Crippen LogP contribution in [0.2, 0.25) is 0 Å². The van der Waals surface area contributed by atoms with E-state index in [1.807, 2.05) is 6.07 Å². The summed E-state index contributed by atoms with van der Waals surface area (Å²) in [6.07, 6.45) is 1.77. The summed E-state index contributed by atoms with van der Waals surface area (Å²) in [5, 5.41) is 0. The fourth-order valence-electron chi connectivity index (χ4n) is 3.07. The van der Waals surface area contributed by atoms with Crippen LogP contribution < -0.4 is 5.73 Å². The lowest BCUT2D eigenvalue weighted by molar-refractivity contribution is -0.123. The fraction of sp³-hybridized carbons (Fsp3) is 0.316. The summed E-state index contributed by atoms with van der Waals surface area (Å²) in [5.74, 6) is -0.0800. The molecule has 1 aliphatic heterocycles. The number of benzene rings is 2. The second-order valence-electron chi connectivity index (χ2n) is 6.02. The Labute approximate surface area is 131 Å². The third-order valence-electron chi connectivity index (χ3n) is 4.46. The lowest BCUT2D eigenvalue weighted by Crippen LogP contribution is -2.38. The molecule has 1 aliphatic rings. The molecule has 0 spiro atoms. The van der Waals surface area contributed by atoms with E-state index in [2.05, 4.69) is 53.4 Å². The molecule has 1 amide bonds. The summed E-state index contributed by atoms with van der Waals surface area (Å²) in [4.78, 5) is 13.6. The summed E-state index contributed by atoms with van der Waals surface area (Å²) in [5.41, 5.74) is 9.19. The molecule has 0 bridgehead atoms. The number of amides is 1. The van der Waals surface area contributed by atoms with Gasteiger partial charge in [-0.15, -0.1) is 0 Å². The van der Waals surface area contributed by atoms with Crippen LogP contribution in [-0.4, -0.2) is 23.9 Å². The first kappa shape index (κ1) is 14.8. The van der Waals surface area contributed by atoms with Crippen LogP contribution in [0.5, 0.6) is 0 Å². The van der Waals surface area contributed by atoms with Crippen LogP contribution in [0.15, 0.2) is 54.6 Å². The molecule has 2 aromatic rings. The predicted octanol–water partition coefficient (Wildman–Crippen LogP) is 3.05. The van der Waals surface area contributed by atoms with Crippen molar-refractivity contribution in [2.24, 2.45) is 11.7 Å². The van der Waals surface area contributed by atoms with Crippen LogP contribution >= 0.6 is 0 Å². The summed E-state index contributed by atoms with van der Waals surface area (Å²) in [6.45, 7) is 2.85. The van der Waals surface area contributed by atoms with Gasteiger partial charge in [0.2, 0.25) is 5.91 Å². The SMILES string of the molecule is NC(=O)C1CCN(Cc2ccc(-c3ccccc3)cc2)CC1. The first-order valence-corrected chi connectivity index (χ1v) is 7.88. The van der Waals surface area contributed by atoms with Gasteiger partial charge in [0.1, 0.15) is 0 Å². The minimum Gasteiger partial charge on any atom is -0.369 e. The van der Waals surface area contributed by atoms with Gasteiger partial charge in [0.25, 0.3) is 0 Å². The number of nitrogens with zero attached hydrogens (tertiary/aromatic N) is 1. The average Bonchev–Trinajstić information content (AvgIpc) is 2.57. The lowest BCUT2D eigenvalue weighted by Gasteiger charge is -2.30. The Morgan fingerprint density at radius 2 is 1.55 bits per heavy atom. The van der Waals surface area contributed by atoms with Gasteiger partial charge < -0.3 is 5.73 Å². The Morgan fingerprint density at radius 1 is 0.955 bits per heavy atom. The van der Waals surface area contributed by atoms with Gasteiger partial charge in [-0.3, -0.25) is 9.69 Å². The largest absolute Gasteiger partial charge is 0.369 e. The van der Waals surface area contributed by atoms with Crippen LogP contribution in [0.1, 0.15) is 18.4 Å². The molecule has 2 N–H and O–H groups in total. The molecule has 0 aromatic heterocycles. The van der Waals surface area contributed by atoms with E-state index in [-0.39, 0.29) is 11.8 Å². The first-order chi connectivity index (χ1) is 10.7. The van der Waals surface area contributed by atoms with Gasteiger partial charge in [-0.05, 0) is 42.6 Å². The summed E-state index contributed by atoms with van der Waals surface area (Å²) in [7, 11) is 0. The smallest absolute Gasteiger partial charge is 0.220 e. The predicted molar refractivity (Wildman–Crippen MR) is 89.1 cm³/mol. The van der Waals surface area contributed by atoms with E-state index in [9.17, 15) is 4.79 Å². The Hall–Kier alpha value is -2.13. The Morgan fingerprint density at radius 3 is 2.14 bits per heavy atom. The normalized spacial score (nSPS) is 16.5. The molecule has 0 radical (unpaired) electrons. The Balaban J connectivity index is 1.59. The van der Waals surface area contributed by atoms with Gasteiger partial charge in [-0.2, -0.15) is 0 Å². The number of carbonyl (C=O) groups excluding carboxylic acids is 1. The maximum absolute atomic E-state index is 11.2. The van der Waals surface area contributed by atoms with Crippen molar-refractivity contribution in [3.8, 4) is 11.1 Å². The van der Waals surface area contributed by atoms with Crippen LogP contribution in [0.25, 0.3) is 11.1 Å². The highest BCUT2D eigenvalue weighted by molar-refractivity contribution is 5.76. The van der Waals surface area contributed by atoms with Gasteiger partial charge in [0.05, 0.1) is 0 Å². The molecule has 3 rings (SSSR count). The second kappa shape index (κ2) is 6.75. The van der Waals surface area contributed by atoms with E-state index in [1.54, 1.807) is 0 Å². The molecular formula is C19H22N2O. The van der Waals surface area contributed by atoms with Crippen molar-refractivity contribution in [1.29, 1.82) is 0 Å². The molecule has 1 fully saturated rings. The van der Waals surface area contributed by atoms with Gasteiger partial charge >= 0.3 is 0 Å². The van der Waals surface area contributed by atoms with Crippen molar-refractivity contribution < 1.29 is 4.79 Å². The molecule has 0 aliphatic carbocycles. The number of hydrogen-bond donors (Lipinski definition) is 1. The zero-order valence-electron chi connectivity index (χ0n) is 12.7. The van der Waals surface area contributed by atoms with Crippen molar-refractivity contribution in [1.82, 2.24) is 4.90 Å². The molecule has 1 heterocycles. The number of carbonyl (C=O) groups is 1. The van der Waals surface area contributed by atoms with Crippen molar-refractivity contribution in [3.05, 3.63) is 60.2 Å². The summed E-state index contributed by atoms with van der Waals surface area (Å²) in [6, 6.07) is 19.2. The van der Waals surface area contributed by atoms with Gasteiger partial charge in [-0.25, -0.2) is 0 Å². The third-order valence-corrected chi connectivity index (χ3v) is 4.46. The van der Waals surface area contributed by atoms with Gasteiger partial charge in [0, 0.05) is 12.5 Å². The van der Waals surface area contributed by atoms with Crippen molar-refractivity contribution in [2.75, 3.05) is 13.1 Å². The number of hydrogen-bond acceptors (Lipinski definition) is 2. The molecule has 2 aromatic carbocycles. The summed E-state index contributed by atoms with van der Waals surface area (Å²) < 4.78 is 0. The van der Waals surface area contributed by atoms with Gasteiger partial charge in [0.15, 0.2) is 0 Å². The van der Waals surface area contributed by atoms with Gasteiger partial charge in [-0.1, -0.05) is 54.6 Å². The second-order valence-corrected chi connectivity index (χ2v) is 6.02. The van der Waals surface area contributed by atoms with Crippen molar-refractivity contribution in [2.45, 2.75) is 19.4 Å². The number of rotatable bonds is 4. The van der Waals surface area contributed by atoms with Crippen molar-refractivity contribution >= 4 is 5.91 Å². The zero-order valence-corrected chi connectivity index (χ0v) is 12.7. The molecule has 1 saturated heterocycles. The van der Waals surface area contributed by atoms with E-state index in [1.165, 1.54) is 16.7 Å². The van der Waals surface area contributed by atoms with Crippen LogP contribution in [-0.2, 0) is 11.3 Å². The van der Waals surface area contributed by atoms with E-state index in [4.69, 9.17) is 5.73 Å². The zero-order chi connectivity index (χ0) is 15.4. The van der Waals surface area contributed by atoms with E-state index >= 15 is 0 Å². The fourth-order valence-corrected chi connectivity index (χ4v) is 3.07. The number of piperidine rings is 1. The molecule has 3 heteroatoms. The highest BCUT2D eigenvalue weighted by Gasteiger charge is 2.22. The minimum absolute atomic E-state index is 0.0664. The van der Waals surface area contributed by atoms with Crippen LogP contribution in [0, 0.1) is 5.92 Å². The van der Waals surface area contributed by atoms with E-state index in [0.717, 1.165) is 32.5 Å². The van der Waals surface area contributed by atoms with Crippen LogP contribution in [0.3, 0.4) is 0 Å². The number of primary amides is 1. The number of likely N-dealkylation sites (tertiary alicyclic amines) is 1. The maximum Gasteiger partial charge on any atom is 0.220 e. The quantitative estimate of drug-likeness (QED) is 0.942. The lowest BCUT2D eigenvalue weighted by atomic mass is 9.96. The minimum atomic E-state index is -0.146. The molecule has 114 valence electrons. The first-order valence-electron chi connectivity index (χ1n) is 7.88. The Bertz CT molecular complexity index is 614. The molecule has 0 atom stereocenters. The summed E-state index contributed by atoms with van der Waals surface area (Å²) >= 11 is 0. The molecular weight excluding hydrogens is 272 g/mol. The monoisotopic (exact) mass is 294 g/mol. The Kier molecular flexibility index (Phi) is 4.54. The highest BCUT2D eigenvalue weighted by Crippen LogP contribution is 2.22.